The molecule has 0 heterocycles. The van der Waals surface area contributed by atoms with E-state index in [1.165, 1.54) is 12.8 Å². The van der Waals surface area contributed by atoms with Crippen molar-refractivity contribution in [2.45, 2.75) is 59.2 Å². The molecule has 0 aliphatic rings. The molecule has 0 radical (unpaired) electrons. The van der Waals surface area contributed by atoms with Crippen molar-refractivity contribution in [1.82, 2.24) is 10.6 Å². The number of benzene rings is 1. The van der Waals surface area contributed by atoms with Crippen LogP contribution in [0.25, 0.3) is 0 Å². The number of nitrogens with one attached hydrogen (secondary N) is 2. The molecule has 5 nitrogen and oxygen atoms in total. The summed E-state index contributed by atoms with van der Waals surface area (Å²) in [5.74, 6) is 1.53. The van der Waals surface area contributed by atoms with Crippen molar-refractivity contribution in [3.8, 4) is 5.75 Å². The van der Waals surface area contributed by atoms with Crippen molar-refractivity contribution in [3.05, 3.63) is 29.8 Å². The van der Waals surface area contributed by atoms with Crippen LogP contribution in [-0.4, -0.2) is 36.8 Å². The zero-order chi connectivity index (χ0) is 17.8. The van der Waals surface area contributed by atoms with E-state index in [-0.39, 0.29) is 6.10 Å². The van der Waals surface area contributed by atoms with Gasteiger partial charge in [0.1, 0.15) is 5.75 Å². The van der Waals surface area contributed by atoms with E-state index in [1.807, 2.05) is 45.0 Å². The van der Waals surface area contributed by atoms with Gasteiger partial charge in [-0.05, 0) is 44.9 Å². The lowest BCUT2D eigenvalue weighted by Gasteiger charge is -2.15. The molecule has 24 heavy (non-hydrogen) atoms. The van der Waals surface area contributed by atoms with Crippen LogP contribution >= 0.6 is 0 Å². The van der Waals surface area contributed by atoms with Gasteiger partial charge in [-0.2, -0.15) is 0 Å². The highest BCUT2D eigenvalue weighted by atomic mass is 16.5. The highest BCUT2D eigenvalue weighted by molar-refractivity contribution is 5.79. The third kappa shape index (κ3) is 8.20. The number of hydrogen-bond donors (Lipinski definition) is 3. The number of unbranched alkanes of at least 4 members (excludes halogenated alkanes) is 2. The highest BCUT2D eigenvalue weighted by Gasteiger charge is 2.09. The second kappa shape index (κ2) is 11.7. The maximum Gasteiger partial charge on any atom is 0.191 e. The van der Waals surface area contributed by atoms with Gasteiger partial charge in [0.05, 0.1) is 18.8 Å². The van der Waals surface area contributed by atoms with Gasteiger partial charge in [0.2, 0.25) is 0 Å². The van der Waals surface area contributed by atoms with Crippen LogP contribution in [0.3, 0.4) is 0 Å². The number of guanidine groups is 1. The van der Waals surface area contributed by atoms with E-state index in [9.17, 15) is 5.11 Å². The molecule has 0 aromatic heterocycles. The minimum absolute atomic E-state index is 0.114. The van der Waals surface area contributed by atoms with E-state index in [2.05, 4.69) is 22.5 Å². The maximum atomic E-state index is 10.4. The number of aliphatic hydroxyl groups excluding tert-OH is 1. The average Bonchev–Trinajstić information content (AvgIpc) is 2.55. The summed E-state index contributed by atoms with van der Waals surface area (Å²) in [5.41, 5.74) is 0.818. The molecule has 136 valence electrons. The summed E-state index contributed by atoms with van der Waals surface area (Å²) in [6, 6.07) is 7.57. The summed E-state index contributed by atoms with van der Waals surface area (Å²) in [7, 11) is 0. The summed E-state index contributed by atoms with van der Waals surface area (Å²) in [5, 5.41) is 16.9. The van der Waals surface area contributed by atoms with Crippen molar-refractivity contribution < 1.29 is 9.84 Å². The molecule has 3 N–H and O–H groups in total. The Morgan fingerprint density at radius 1 is 1.21 bits per heavy atom. The Hall–Kier alpha value is -1.75. The summed E-state index contributed by atoms with van der Waals surface area (Å²) in [4.78, 5) is 4.48. The van der Waals surface area contributed by atoms with Crippen LogP contribution in [0.4, 0.5) is 0 Å². The number of nitrogens with zero attached hydrogens (tertiary/aromatic N) is 1. The van der Waals surface area contributed by atoms with Gasteiger partial charge in [-0.15, -0.1) is 0 Å². The Bertz CT molecular complexity index is 489. The molecule has 0 bridgehead atoms. The van der Waals surface area contributed by atoms with Crippen LogP contribution in [0.1, 0.15) is 58.6 Å². The van der Waals surface area contributed by atoms with Crippen molar-refractivity contribution in [2.75, 3.05) is 19.6 Å². The minimum Gasteiger partial charge on any atom is -0.491 e. The van der Waals surface area contributed by atoms with Gasteiger partial charge in [0.15, 0.2) is 5.96 Å². The van der Waals surface area contributed by atoms with Gasteiger partial charge in [-0.25, -0.2) is 0 Å². The summed E-state index contributed by atoms with van der Waals surface area (Å²) in [6.45, 7) is 10.2. The molecule has 1 atom stereocenters. The molecule has 1 aromatic rings. The predicted octanol–water partition coefficient (Wildman–Crippen LogP) is 3.25. The molecule has 0 fully saturated rings. The van der Waals surface area contributed by atoms with E-state index in [4.69, 9.17) is 4.74 Å². The molecule has 0 saturated heterocycles. The smallest absolute Gasteiger partial charge is 0.191 e. The lowest BCUT2D eigenvalue weighted by Crippen LogP contribution is -2.38. The second-order valence-electron chi connectivity index (χ2n) is 6.11. The Kier molecular flexibility index (Phi) is 9.92. The van der Waals surface area contributed by atoms with Crippen LogP contribution in [0, 0.1) is 0 Å². The van der Waals surface area contributed by atoms with Crippen molar-refractivity contribution in [2.24, 2.45) is 4.99 Å². The van der Waals surface area contributed by atoms with E-state index in [0.717, 1.165) is 36.8 Å². The van der Waals surface area contributed by atoms with E-state index in [0.29, 0.717) is 6.54 Å². The molecule has 1 aromatic carbocycles. The number of hydrogen-bond acceptors (Lipinski definition) is 3. The lowest BCUT2D eigenvalue weighted by atomic mass is 10.1. The zero-order valence-corrected chi connectivity index (χ0v) is 15.5. The first kappa shape index (κ1) is 20.3. The third-order valence-corrected chi connectivity index (χ3v) is 3.45. The highest BCUT2D eigenvalue weighted by Crippen LogP contribution is 2.20. The summed E-state index contributed by atoms with van der Waals surface area (Å²) < 4.78 is 5.67. The van der Waals surface area contributed by atoms with Gasteiger partial charge >= 0.3 is 0 Å². The van der Waals surface area contributed by atoms with E-state index in [1.54, 1.807) is 0 Å². The maximum absolute atomic E-state index is 10.4. The first-order valence-electron chi connectivity index (χ1n) is 9.03. The fourth-order valence-corrected chi connectivity index (χ4v) is 2.27. The Balaban J connectivity index is 2.60. The molecule has 1 unspecified atom stereocenters. The molecule has 0 saturated carbocycles. The van der Waals surface area contributed by atoms with Crippen molar-refractivity contribution in [3.63, 3.8) is 0 Å². The molecule has 0 aliphatic heterocycles. The number of rotatable bonds is 10. The number of ether oxygens (including phenoxy) is 1. The quantitative estimate of drug-likeness (QED) is 0.349. The Morgan fingerprint density at radius 3 is 2.67 bits per heavy atom. The molecule has 5 heteroatoms. The van der Waals surface area contributed by atoms with Crippen LogP contribution < -0.4 is 15.4 Å². The summed E-state index contributed by atoms with van der Waals surface area (Å²) in [6.07, 6.45) is 2.99. The topological polar surface area (TPSA) is 65.9 Å². The normalized spacial score (nSPS) is 13.0. The summed E-state index contributed by atoms with van der Waals surface area (Å²) >= 11 is 0. The fraction of sp³-hybridized carbons (Fsp3) is 0.632. The van der Waals surface area contributed by atoms with Gasteiger partial charge < -0.3 is 20.5 Å². The monoisotopic (exact) mass is 335 g/mol. The van der Waals surface area contributed by atoms with Crippen LogP contribution in [0.5, 0.6) is 5.75 Å². The average molecular weight is 335 g/mol. The van der Waals surface area contributed by atoms with E-state index >= 15 is 0 Å². The fourth-order valence-electron chi connectivity index (χ4n) is 2.27. The second-order valence-corrected chi connectivity index (χ2v) is 6.11. The standard InChI is InChI=1S/C19H33N3O2/c1-5-7-8-12-21-19(20-6-2)22-14-18(23)16-10-9-11-17(13-16)24-15(3)4/h9-11,13,15,18,23H,5-8,12,14H2,1-4H3,(H2,20,21,22). The molecule has 0 aliphatic carbocycles. The zero-order valence-electron chi connectivity index (χ0n) is 15.5. The van der Waals surface area contributed by atoms with Crippen LogP contribution in [-0.2, 0) is 0 Å². The van der Waals surface area contributed by atoms with Crippen molar-refractivity contribution in [1.29, 1.82) is 0 Å². The van der Waals surface area contributed by atoms with Gasteiger partial charge in [-0.1, -0.05) is 31.9 Å². The molecule has 0 amide bonds. The Labute approximate surface area is 146 Å². The largest absolute Gasteiger partial charge is 0.491 e. The van der Waals surface area contributed by atoms with Gasteiger partial charge in [0.25, 0.3) is 0 Å². The van der Waals surface area contributed by atoms with Crippen LogP contribution in [0.2, 0.25) is 0 Å². The lowest BCUT2D eigenvalue weighted by molar-refractivity contribution is 0.185. The molecular formula is C19H33N3O2. The van der Waals surface area contributed by atoms with Crippen LogP contribution in [0.15, 0.2) is 29.3 Å². The van der Waals surface area contributed by atoms with Gasteiger partial charge in [-0.3, -0.25) is 4.99 Å². The molecule has 0 spiro atoms. The SMILES string of the molecule is CCCCCNC(=NCC(O)c1cccc(OC(C)C)c1)NCC. The number of aliphatic imine (C=N–C) groups is 1. The number of aliphatic hydroxyl groups is 1. The third-order valence-electron chi connectivity index (χ3n) is 3.45. The Morgan fingerprint density at radius 2 is 2.00 bits per heavy atom. The first-order chi connectivity index (χ1) is 11.6. The first-order valence-corrected chi connectivity index (χ1v) is 9.03. The van der Waals surface area contributed by atoms with E-state index < -0.39 is 6.10 Å². The van der Waals surface area contributed by atoms with Crippen molar-refractivity contribution >= 4 is 5.96 Å². The van der Waals surface area contributed by atoms with Gasteiger partial charge in [0, 0.05) is 13.1 Å². The molecular weight excluding hydrogens is 302 g/mol. The minimum atomic E-state index is -0.646. The molecule has 1 rings (SSSR count). The predicted molar refractivity (Wildman–Crippen MR) is 101 cm³/mol.